The molecule has 0 bridgehead atoms. The summed E-state index contributed by atoms with van der Waals surface area (Å²) in [6.45, 7) is 12.0. The fourth-order valence-corrected chi connectivity index (χ4v) is 3.70. The lowest BCUT2D eigenvalue weighted by Crippen LogP contribution is -2.41. The molecule has 0 saturated heterocycles. The Bertz CT molecular complexity index is 469. The molecule has 0 unspecified atom stereocenters. The summed E-state index contributed by atoms with van der Waals surface area (Å²) in [5, 5.41) is 9.05. The van der Waals surface area contributed by atoms with Crippen LogP contribution in [0.25, 0.3) is 0 Å². The zero-order chi connectivity index (χ0) is 15.1. The molecular formula is C16H26O3Si. The van der Waals surface area contributed by atoms with Gasteiger partial charge < -0.3 is 9.53 Å². The standard InChI is InChI=1S/C16H26O3Si/c1-16(2,3)20(4,5)19-10-11-6-12-8-13(9-15(17)18)14(12)7-11/h7,9,12,14H,6,8,10H2,1-5H3,(H,17,18)/t12-,14-/m0/s1. The van der Waals surface area contributed by atoms with Gasteiger partial charge in [0.25, 0.3) is 0 Å². The van der Waals surface area contributed by atoms with Crippen LogP contribution < -0.4 is 0 Å². The second kappa shape index (κ2) is 5.15. The average Bonchev–Trinajstić information content (AvgIpc) is 2.59. The largest absolute Gasteiger partial charge is 0.478 e. The molecule has 1 saturated carbocycles. The summed E-state index contributed by atoms with van der Waals surface area (Å²) in [7, 11) is -1.69. The highest BCUT2D eigenvalue weighted by Gasteiger charge is 2.41. The van der Waals surface area contributed by atoms with Crippen LogP contribution in [0.15, 0.2) is 23.3 Å². The molecule has 3 nitrogen and oxygen atoms in total. The molecule has 0 amide bonds. The van der Waals surface area contributed by atoms with Gasteiger partial charge in [-0.25, -0.2) is 4.79 Å². The van der Waals surface area contributed by atoms with Gasteiger partial charge in [0.1, 0.15) is 0 Å². The molecule has 4 heteroatoms. The average molecular weight is 294 g/mol. The van der Waals surface area contributed by atoms with Gasteiger partial charge in [-0.3, -0.25) is 0 Å². The Morgan fingerprint density at radius 2 is 2.10 bits per heavy atom. The van der Waals surface area contributed by atoms with Gasteiger partial charge in [0, 0.05) is 12.0 Å². The molecule has 0 aromatic rings. The molecule has 0 heterocycles. The maximum absolute atomic E-state index is 10.7. The zero-order valence-corrected chi connectivity index (χ0v) is 14.2. The number of carbonyl (C=O) groups is 1. The highest BCUT2D eigenvalue weighted by Crippen LogP contribution is 2.49. The van der Waals surface area contributed by atoms with Gasteiger partial charge in [-0.15, -0.1) is 0 Å². The summed E-state index contributed by atoms with van der Waals surface area (Å²) in [6.07, 6.45) is 5.65. The second-order valence-corrected chi connectivity index (χ2v) is 12.4. The quantitative estimate of drug-likeness (QED) is 0.484. The van der Waals surface area contributed by atoms with E-state index in [4.69, 9.17) is 9.53 Å². The van der Waals surface area contributed by atoms with Crippen LogP contribution in [-0.2, 0) is 9.22 Å². The molecule has 2 aliphatic carbocycles. The van der Waals surface area contributed by atoms with Crippen LogP contribution in [0.4, 0.5) is 0 Å². The fraction of sp³-hybridized carbons (Fsp3) is 0.688. The van der Waals surface area contributed by atoms with Crippen molar-refractivity contribution in [3.8, 4) is 0 Å². The van der Waals surface area contributed by atoms with Crippen LogP contribution in [0.3, 0.4) is 0 Å². The third-order valence-electron chi connectivity index (χ3n) is 5.11. The lowest BCUT2D eigenvalue weighted by molar-refractivity contribution is -0.131. The lowest BCUT2D eigenvalue weighted by Gasteiger charge is -2.36. The molecule has 2 aliphatic rings. The van der Waals surface area contributed by atoms with Crippen LogP contribution >= 0.6 is 0 Å². The minimum atomic E-state index is -1.69. The van der Waals surface area contributed by atoms with Gasteiger partial charge in [-0.05, 0) is 42.5 Å². The van der Waals surface area contributed by atoms with Crippen LogP contribution in [0, 0.1) is 11.8 Å². The van der Waals surface area contributed by atoms with Crippen LogP contribution in [0.2, 0.25) is 18.1 Å². The molecule has 0 aliphatic heterocycles. The normalized spacial score (nSPS) is 28.1. The first kappa shape index (κ1) is 15.5. The Labute approximate surface area is 122 Å². The molecule has 112 valence electrons. The Balaban J connectivity index is 1.94. The molecule has 2 rings (SSSR count). The van der Waals surface area contributed by atoms with E-state index in [1.54, 1.807) is 0 Å². The summed E-state index contributed by atoms with van der Waals surface area (Å²) in [6, 6.07) is 0. The minimum absolute atomic E-state index is 0.236. The van der Waals surface area contributed by atoms with Gasteiger partial charge in [0.05, 0.1) is 6.61 Å². The molecule has 1 N–H and O–H groups in total. The molecule has 0 radical (unpaired) electrons. The molecule has 1 fully saturated rings. The van der Waals surface area contributed by atoms with Gasteiger partial charge >= 0.3 is 5.97 Å². The van der Waals surface area contributed by atoms with E-state index in [0.29, 0.717) is 11.8 Å². The third kappa shape index (κ3) is 3.06. The third-order valence-corrected chi connectivity index (χ3v) is 9.59. The number of allylic oxidation sites excluding steroid dienone is 2. The molecule has 20 heavy (non-hydrogen) atoms. The topological polar surface area (TPSA) is 46.5 Å². The van der Waals surface area contributed by atoms with E-state index >= 15 is 0 Å². The smallest absolute Gasteiger partial charge is 0.328 e. The van der Waals surface area contributed by atoms with Crippen molar-refractivity contribution in [3.05, 3.63) is 23.3 Å². The van der Waals surface area contributed by atoms with E-state index < -0.39 is 14.3 Å². The Hall–Kier alpha value is -0.873. The minimum Gasteiger partial charge on any atom is -0.478 e. The summed E-state index contributed by atoms with van der Waals surface area (Å²) >= 11 is 0. The van der Waals surface area contributed by atoms with Gasteiger partial charge in [-0.2, -0.15) is 0 Å². The predicted octanol–water partition coefficient (Wildman–Crippen LogP) is 3.99. The van der Waals surface area contributed by atoms with Gasteiger partial charge in [-0.1, -0.05) is 32.4 Å². The number of rotatable bonds is 4. The van der Waals surface area contributed by atoms with Crippen molar-refractivity contribution in [3.63, 3.8) is 0 Å². The number of fused-ring (bicyclic) bond motifs is 1. The van der Waals surface area contributed by atoms with Crippen molar-refractivity contribution in [2.24, 2.45) is 11.8 Å². The Morgan fingerprint density at radius 1 is 1.45 bits per heavy atom. The summed E-state index contributed by atoms with van der Waals surface area (Å²) in [4.78, 5) is 10.7. The summed E-state index contributed by atoms with van der Waals surface area (Å²) in [5.41, 5.74) is 2.43. The van der Waals surface area contributed by atoms with Gasteiger partial charge in [0.2, 0.25) is 0 Å². The highest BCUT2D eigenvalue weighted by molar-refractivity contribution is 6.74. The van der Waals surface area contributed by atoms with E-state index in [-0.39, 0.29) is 5.04 Å². The number of carboxylic acid groups (broad SMARTS) is 1. The van der Waals surface area contributed by atoms with E-state index in [0.717, 1.165) is 25.0 Å². The number of aliphatic carboxylic acids is 1. The highest BCUT2D eigenvalue weighted by atomic mass is 28.4. The van der Waals surface area contributed by atoms with Crippen molar-refractivity contribution in [1.82, 2.24) is 0 Å². The van der Waals surface area contributed by atoms with Crippen molar-refractivity contribution in [2.75, 3.05) is 6.61 Å². The van der Waals surface area contributed by atoms with Crippen LogP contribution in [-0.4, -0.2) is 26.0 Å². The SMILES string of the molecule is CC(C)(C)[Si](C)(C)OCC1=C[C@@H]2C(=CC(=O)O)C[C@@H]2C1. The zero-order valence-electron chi connectivity index (χ0n) is 13.2. The first-order valence-corrected chi connectivity index (χ1v) is 10.3. The van der Waals surface area contributed by atoms with E-state index in [9.17, 15) is 4.79 Å². The maximum Gasteiger partial charge on any atom is 0.328 e. The Kier molecular flexibility index (Phi) is 4.00. The first-order chi connectivity index (χ1) is 9.10. The predicted molar refractivity (Wildman–Crippen MR) is 83.2 cm³/mol. The molecule has 0 aromatic carbocycles. The number of hydrogen-bond acceptors (Lipinski definition) is 2. The maximum atomic E-state index is 10.7. The molecular weight excluding hydrogens is 268 g/mol. The van der Waals surface area contributed by atoms with Crippen LogP contribution in [0.5, 0.6) is 0 Å². The summed E-state index contributed by atoms with van der Waals surface area (Å²) < 4.78 is 6.25. The fourth-order valence-electron chi connectivity index (χ4n) is 2.72. The lowest BCUT2D eigenvalue weighted by atomic mass is 9.71. The molecule has 0 spiro atoms. The van der Waals surface area contributed by atoms with Crippen molar-refractivity contribution >= 4 is 14.3 Å². The first-order valence-electron chi connectivity index (χ1n) is 7.37. The Morgan fingerprint density at radius 3 is 2.65 bits per heavy atom. The van der Waals surface area contributed by atoms with E-state index in [1.807, 2.05) is 0 Å². The molecule has 0 aromatic heterocycles. The van der Waals surface area contributed by atoms with Crippen LogP contribution in [0.1, 0.15) is 33.6 Å². The van der Waals surface area contributed by atoms with Gasteiger partial charge in [0.15, 0.2) is 8.32 Å². The van der Waals surface area contributed by atoms with E-state index in [1.165, 1.54) is 11.6 Å². The van der Waals surface area contributed by atoms with Crippen molar-refractivity contribution in [1.29, 1.82) is 0 Å². The van der Waals surface area contributed by atoms with Crippen molar-refractivity contribution < 1.29 is 14.3 Å². The number of hydrogen-bond donors (Lipinski definition) is 1. The number of carboxylic acids is 1. The molecule has 2 atom stereocenters. The van der Waals surface area contributed by atoms with E-state index in [2.05, 4.69) is 39.9 Å². The second-order valence-electron chi connectivity index (χ2n) is 7.63. The summed E-state index contributed by atoms with van der Waals surface area (Å²) in [5.74, 6) is 0.167. The monoisotopic (exact) mass is 294 g/mol. The van der Waals surface area contributed by atoms with Crippen molar-refractivity contribution in [2.45, 2.75) is 51.7 Å².